The summed E-state index contributed by atoms with van der Waals surface area (Å²) in [6, 6.07) is 17.6. The molecule has 1 N–H and O–H groups in total. The zero-order chi connectivity index (χ0) is 19.4. The van der Waals surface area contributed by atoms with Crippen molar-refractivity contribution in [1.29, 1.82) is 0 Å². The van der Waals surface area contributed by atoms with Crippen molar-refractivity contribution in [3.05, 3.63) is 71.3 Å². The fourth-order valence-electron chi connectivity index (χ4n) is 3.34. The summed E-state index contributed by atoms with van der Waals surface area (Å²) in [6.07, 6.45) is 0.785. The van der Waals surface area contributed by atoms with Crippen LogP contribution in [0, 0.1) is 6.92 Å². The molecule has 140 valence electrons. The Balaban J connectivity index is 1.91. The number of methoxy groups -OCH3 is 2. The summed E-state index contributed by atoms with van der Waals surface area (Å²) in [6.45, 7) is 4.06. The minimum absolute atomic E-state index is 0.0849. The maximum Gasteiger partial charge on any atom is 0.255 e. The Morgan fingerprint density at radius 1 is 0.963 bits per heavy atom. The van der Waals surface area contributed by atoms with Gasteiger partial charge in [-0.25, -0.2) is 0 Å². The van der Waals surface area contributed by atoms with Crippen LogP contribution in [0.2, 0.25) is 0 Å². The molecule has 0 spiro atoms. The Labute approximate surface area is 160 Å². The van der Waals surface area contributed by atoms with Crippen molar-refractivity contribution >= 4 is 16.7 Å². The van der Waals surface area contributed by atoms with Crippen LogP contribution in [0.3, 0.4) is 0 Å². The van der Waals surface area contributed by atoms with Gasteiger partial charge in [0.25, 0.3) is 5.91 Å². The van der Waals surface area contributed by atoms with Crippen LogP contribution in [0.15, 0.2) is 54.6 Å². The monoisotopic (exact) mass is 363 g/mol. The molecule has 0 heterocycles. The summed E-state index contributed by atoms with van der Waals surface area (Å²) in [5.41, 5.74) is 2.65. The molecule has 3 aromatic rings. The van der Waals surface area contributed by atoms with Crippen molar-refractivity contribution in [1.82, 2.24) is 5.32 Å². The van der Waals surface area contributed by atoms with Crippen LogP contribution in [-0.4, -0.2) is 20.1 Å². The van der Waals surface area contributed by atoms with Gasteiger partial charge in [0.15, 0.2) is 0 Å². The van der Waals surface area contributed by atoms with Crippen LogP contribution in [0.5, 0.6) is 11.5 Å². The fraction of sp³-hybridized carbons (Fsp3) is 0.261. The van der Waals surface area contributed by atoms with E-state index in [4.69, 9.17) is 9.47 Å². The summed E-state index contributed by atoms with van der Waals surface area (Å²) in [4.78, 5) is 13.0. The Morgan fingerprint density at radius 2 is 1.63 bits per heavy atom. The molecule has 0 saturated carbocycles. The van der Waals surface area contributed by atoms with Crippen LogP contribution in [-0.2, 0) is 0 Å². The van der Waals surface area contributed by atoms with Gasteiger partial charge in [-0.05, 0) is 53.4 Å². The van der Waals surface area contributed by atoms with Gasteiger partial charge in [0.1, 0.15) is 11.5 Å². The fourth-order valence-corrected chi connectivity index (χ4v) is 3.34. The van der Waals surface area contributed by atoms with Crippen molar-refractivity contribution in [2.45, 2.75) is 26.3 Å². The van der Waals surface area contributed by atoms with E-state index in [2.05, 4.69) is 18.3 Å². The Bertz CT molecular complexity index is 965. The van der Waals surface area contributed by atoms with E-state index in [1.165, 1.54) is 0 Å². The van der Waals surface area contributed by atoms with Gasteiger partial charge in [-0.1, -0.05) is 43.3 Å². The van der Waals surface area contributed by atoms with E-state index in [0.717, 1.165) is 34.1 Å². The van der Waals surface area contributed by atoms with Gasteiger partial charge in [-0.2, -0.15) is 0 Å². The summed E-state index contributed by atoms with van der Waals surface area (Å²) in [5, 5.41) is 5.20. The van der Waals surface area contributed by atoms with Crippen molar-refractivity contribution in [3.63, 3.8) is 0 Å². The second-order valence-corrected chi connectivity index (χ2v) is 6.56. The SMILES string of the molecule is CC[C@@H](NC(=O)c1cc2ccccc2cc1OC)c1ccc(OC)c(C)c1. The molecule has 0 unspecified atom stereocenters. The highest BCUT2D eigenvalue weighted by Crippen LogP contribution is 2.28. The molecule has 0 saturated heterocycles. The number of rotatable bonds is 6. The van der Waals surface area contributed by atoms with Gasteiger partial charge in [-0.3, -0.25) is 4.79 Å². The molecule has 3 rings (SSSR count). The second-order valence-electron chi connectivity index (χ2n) is 6.56. The van der Waals surface area contributed by atoms with Crippen LogP contribution >= 0.6 is 0 Å². The van der Waals surface area contributed by atoms with E-state index < -0.39 is 0 Å². The predicted molar refractivity (Wildman–Crippen MR) is 109 cm³/mol. The minimum Gasteiger partial charge on any atom is -0.496 e. The molecule has 27 heavy (non-hydrogen) atoms. The number of ether oxygens (including phenoxy) is 2. The Morgan fingerprint density at radius 3 is 2.22 bits per heavy atom. The van der Waals surface area contributed by atoms with E-state index in [9.17, 15) is 4.79 Å². The molecule has 1 amide bonds. The number of fused-ring (bicyclic) bond motifs is 1. The molecular formula is C23H25NO3. The number of carbonyl (C=O) groups is 1. The zero-order valence-electron chi connectivity index (χ0n) is 16.2. The van der Waals surface area contributed by atoms with Gasteiger partial charge in [0.2, 0.25) is 0 Å². The standard InChI is InChI=1S/C23H25NO3/c1-5-20(18-10-11-21(26-3)15(2)12-18)24-23(25)19-13-16-8-6-7-9-17(16)14-22(19)27-4/h6-14,20H,5H2,1-4H3,(H,24,25)/t20-/m1/s1. The van der Waals surface area contributed by atoms with Crippen molar-refractivity contribution in [2.75, 3.05) is 14.2 Å². The van der Waals surface area contributed by atoms with E-state index in [0.29, 0.717) is 11.3 Å². The third kappa shape index (κ3) is 3.90. The van der Waals surface area contributed by atoms with Gasteiger partial charge in [0.05, 0.1) is 25.8 Å². The first kappa shape index (κ1) is 18.8. The van der Waals surface area contributed by atoms with Crippen LogP contribution in [0.25, 0.3) is 10.8 Å². The second kappa shape index (κ2) is 8.12. The summed E-state index contributed by atoms with van der Waals surface area (Å²) in [7, 11) is 3.25. The Kier molecular flexibility index (Phi) is 5.65. The lowest BCUT2D eigenvalue weighted by Crippen LogP contribution is -2.28. The lowest BCUT2D eigenvalue weighted by molar-refractivity contribution is 0.0932. The smallest absolute Gasteiger partial charge is 0.255 e. The maximum atomic E-state index is 13.0. The summed E-state index contributed by atoms with van der Waals surface area (Å²) < 4.78 is 10.8. The number of hydrogen-bond donors (Lipinski definition) is 1. The summed E-state index contributed by atoms with van der Waals surface area (Å²) >= 11 is 0. The number of amides is 1. The molecule has 3 aromatic carbocycles. The zero-order valence-corrected chi connectivity index (χ0v) is 16.2. The normalized spacial score (nSPS) is 11.9. The van der Waals surface area contributed by atoms with E-state index in [1.807, 2.05) is 55.5 Å². The molecular weight excluding hydrogens is 338 g/mol. The largest absolute Gasteiger partial charge is 0.496 e. The third-order valence-electron chi connectivity index (χ3n) is 4.85. The molecule has 0 fully saturated rings. The molecule has 0 aromatic heterocycles. The first-order valence-corrected chi connectivity index (χ1v) is 9.09. The molecule has 0 radical (unpaired) electrons. The van der Waals surface area contributed by atoms with Crippen molar-refractivity contribution in [3.8, 4) is 11.5 Å². The lowest BCUT2D eigenvalue weighted by atomic mass is 10.0. The third-order valence-corrected chi connectivity index (χ3v) is 4.85. The number of nitrogens with one attached hydrogen (secondary N) is 1. The number of aryl methyl sites for hydroxylation is 1. The van der Waals surface area contributed by atoms with Gasteiger partial charge >= 0.3 is 0 Å². The average Bonchev–Trinajstić information content (AvgIpc) is 2.70. The van der Waals surface area contributed by atoms with Crippen LogP contribution in [0.4, 0.5) is 0 Å². The van der Waals surface area contributed by atoms with E-state index in [1.54, 1.807) is 14.2 Å². The Hall–Kier alpha value is -3.01. The molecule has 0 aliphatic carbocycles. The molecule has 0 aliphatic heterocycles. The van der Waals surface area contributed by atoms with Crippen molar-refractivity contribution in [2.24, 2.45) is 0 Å². The van der Waals surface area contributed by atoms with Crippen LogP contribution in [0.1, 0.15) is 40.9 Å². The molecule has 1 atom stereocenters. The highest BCUT2D eigenvalue weighted by Gasteiger charge is 2.19. The molecule has 0 aliphatic rings. The first-order valence-electron chi connectivity index (χ1n) is 9.09. The van der Waals surface area contributed by atoms with Crippen LogP contribution < -0.4 is 14.8 Å². The van der Waals surface area contributed by atoms with E-state index >= 15 is 0 Å². The minimum atomic E-state index is -0.141. The first-order chi connectivity index (χ1) is 13.1. The van der Waals surface area contributed by atoms with Gasteiger partial charge in [-0.15, -0.1) is 0 Å². The number of hydrogen-bond acceptors (Lipinski definition) is 3. The van der Waals surface area contributed by atoms with E-state index in [-0.39, 0.29) is 11.9 Å². The van der Waals surface area contributed by atoms with Gasteiger partial charge in [0, 0.05) is 0 Å². The lowest BCUT2D eigenvalue weighted by Gasteiger charge is -2.20. The topological polar surface area (TPSA) is 47.6 Å². The highest BCUT2D eigenvalue weighted by atomic mass is 16.5. The summed E-state index contributed by atoms with van der Waals surface area (Å²) in [5.74, 6) is 1.28. The predicted octanol–water partition coefficient (Wildman–Crippen LogP) is 5.05. The highest BCUT2D eigenvalue weighted by molar-refractivity contribution is 6.01. The average molecular weight is 363 g/mol. The number of carbonyl (C=O) groups excluding carboxylic acids is 1. The quantitative estimate of drug-likeness (QED) is 0.667. The molecule has 4 nitrogen and oxygen atoms in total. The maximum absolute atomic E-state index is 13.0. The number of benzene rings is 3. The molecule has 0 bridgehead atoms. The molecule has 4 heteroatoms. The van der Waals surface area contributed by atoms with Gasteiger partial charge < -0.3 is 14.8 Å². The van der Waals surface area contributed by atoms with Crippen molar-refractivity contribution < 1.29 is 14.3 Å².